The molecular weight excluding hydrogens is 440 g/mol. The molecule has 1 aromatic heterocycles. The summed E-state index contributed by atoms with van der Waals surface area (Å²) in [6, 6.07) is 29.0. The molecule has 34 heavy (non-hydrogen) atoms. The number of para-hydroxylation sites is 1. The maximum Gasteiger partial charge on any atom is 0.162 e. The largest absolute Gasteiger partial charge is 0.309 e. The summed E-state index contributed by atoms with van der Waals surface area (Å²) in [6.45, 7) is 4.27. The van der Waals surface area contributed by atoms with Crippen molar-refractivity contribution in [1.82, 2.24) is 9.47 Å². The molecule has 174 valence electrons. The maximum atomic E-state index is 12.7. The lowest BCUT2D eigenvalue weighted by Gasteiger charge is -2.19. The number of nitrogens with zero attached hydrogens (tertiary/aromatic N) is 2. The molecule has 0 aliphatic rings. The molecule has 0 saturated heterocycles. The summed E-state index contributed by atoms with van der Waals surface area (Å²) < 4.78 is 2.29. The zero-order valence-corrected chi connectivity index (χ0v) is 21.0. The normalized spacial score (nSPS) is 12.2. The number of benzene rings is 3. The molecule has 0 aliphatic carbocycles. The lowest BCUT2D eigenvalue weighted by Crippen LogP contribution is -2.25. The van der Waals surface area contributed by atoms with Crippen LogP contribution in [0.15, 0.2) is 84.9 Å². The standard InChI is InChI=1S/C30H31ClN2O/c1-21-7-5-6-8-27(21)33-28(18-19-29(33)24-14-16-26(31)17-15-24)23-10-12-25(13-11-23)30(34)20-9-22(2)32(3)4/h5-8,10-19,22H,9,20H2,1-4H3/t22-/m0/s1. The zero-order valence-electron chi connectivity index (χ0n) is 20.3. The first-order valence-electron chi connectivity index (χ1n) is 11.7. The highest BCUT2D eigenvalue weighted by Crippen LogP contribution is 2.34. The van der Waals surface area contributed by atoms with Crippen LogP contribution in [0.2, 0.25) is 5.02 Å². The summed E-state index contributed by atoms with van der Waals surface area (Å²) in [7, 11) is 4.09. The molecule has 0 radical (unpaired) electrons. The van der Waals surface area contributed by atoms with Crippen LogP contribution >= 0.6 is 11.6 Å². The molecule has 4 heteroatoms. The number of carbonyl (C=O) groups is 1. The van der Waals surface area contributed by atoms with Crippen molar-refractivity contribution in [2.24, 2.45) is 0 Å². The predicted molar refractivity (Wildman–Crippen MR) is 143 cm³/mol. The minimum Gasteiger partial charge on any atom is -0.309 e. The summed E-state index contributed by atoms with van der Waals surface area (Å²) in [6.07, 6.45) is 1.41. The average Bonchev–Trinajstić information content (AvgIpc) is 3.28. The van der Waals surface area contributed by atoms with E-state index in [9.17, 15) is 4.79 Å². The van der Waals surface area contributed by atoms with Crippen LogP contribution in [0.1, 0.15) is 35.7 Å². The second-order valence-corrected chi connectivity index (χ2v) is 9.52. The lowest BCUT2D eigenvalue weighted by molar-refractivity contribution is 0.0970. The van der Waals surface area contributed by atoms with Gasteiger partial charge in [-0.05, 0) is 81.4 Å². The van der Waals surface area contributed by atoms with Gasteiger partial charge in [-0.25, -0.2) is 0 Å². The lowest BCUT2D eigenvalue weighted by atomic mass is 10.0. The Morgan fingerprint density at radius 2 is 1.41 bits per heavy atom. The van der Waals surface area contributed by atoms with Crippen molar-refractivity contribution in [3.05, 3.63) is 101 Å². The number of aryl methyl sites for hydroxylation is 1. The second-order valence-electron chi connectivity index (χ2n) is 9.08. The number of Topliss-reactive ketones (excluding diaryl/α,β-unsaturated/α-hetero) is 1. The van der Waals surface area contributed by atoms with Gasteiger partial charge in [0.2, 0.25) is 0 Å². The van der Waals surface area contributed by atoms with E-state index >= 15 is 0 Å². The molecule has 0 fully saturated rings. The van der Waals surface area contributed by atoms with Crippen LogP contribution < -0.4 is 0 Å². The van der Waals surface area contributed by atoms with Gasteiger partial charge in [-0.15, -0.1) is 0 Å². The van der Waals surface area contributed by atoms with Crippen LogP contribution in [0.4, 0.5) is 0 Å². The van der Waals surface area contributed by atoms with Crippen molar-refractivity contribution in [3.8, 4) is 28.2 Å². The van der Waals surface area contributed by atoms with E-state index in [1.54, 1.807) is 0 Å². The molecular formula is C30H31ClN2O. The van der Waals surface area contributed by atoms with E-state index in [0.29, 0.717) is 12.5 Å². The number of aromatic nitrogens is 1. The summed E-state index contributed by atoms with van der Waals surface area (Å²) in [5.74, 6) is 0.191. The highest BCUT2D eigenvalue weighted by atomic mass is 35.5. The first kappa shape index (κ1) is 24.0. The maximum absolute atomic E-state index is 12.7. The smallest absolute Gasteiger partial charge is 0.162 e. The molecule has 1 heterocycles. The van der Waals surface area contributed by atoms with Gasteiger partial charge >= 0.3 is 0 Å². The van der Waals surface area contributed by atoms with Crippen LogP contribution in [0.25, 0.3) is 28.2 Å². The first-order valence-corrected chi connectivity index (χ1v) is 12.1. The number of hydrogen-bond acceptors (Lipinski definition) is 2. The monoisotopic (exact) mass is 470 g/mol. The van der Waals surface area contributed by atoms with Crippen LogP contribution in [-0.4, -0.2) is 35.4 Å². The highest BCUT2D eigenvalue weighted by molar-refractivity contribution is 6.30. The summed E-state index contributed by atoms with van der Waals surface area (Å²) in [5, 5.41) is 0.721. The minimum atomic E-state index is 0.191. The van der Waals surface area contributed by atoms with Gasteiger partial charge in [0.05, 0.1) is 11.4 Å². The fourth-order valence-corrected chi connectivity index (χ4v) is 4.28. The van der Waals surface area contributed by atoms with E-state index in [1.165, 1.54) is 5.56 Å². The van der Waals surface area contributed by atoms with E-state index < -0.39 is 0 Å². The Labute approximate surface area is 207 Å². The van der Waals surface area contributed by atoms with Crippen molar-refractivity contribution >= 4 is 17.4 Å². The Hall–Kier alpha value is -3.14. The Morgan fingerprint density at radius 1 is 0.853 bits per heavy atom. The van der Waals surface area contributed by atoms with E-state index in [1.807, 2.05) is 50.5 Å². The van der Waals surface area contributed by atoms with Gasteiger partial charge in [-0.1, -0.05) is 66.2 Å². The van der Waals surface area contributed by atoms with Crippen molar-refractivity contribution < 1.29 is 4.79 Å². The van der Waals surface area contributed by atoms with E-state index in [4.69, 9.17) is 11.6 Å². The van der Waals surface area contributed by atoms with Crippen molar-refractivity contribution in [2.45, 2.75) is 32.7 Å². The number of rotatable bonds is 8. The Bertz CT molecular complexity index is 1270. The van der Waals surface area contributed by atoms with E-state index in [-0.39, 0.29) is 5.78 Å². The Morgan fingerprint density at radius 3 is 1.97 bits per heavy atom. The predicted octanol–water partition coefficient (Wildman–Crippen LogP) is 7.69. The molecule has 0 N–H and O–H groups in total. The highest BCUT2D eigenvalue weighted by Gasteiger charge is 2.16. The second kappa shape index (κ2) is 10.4. The van der Waals surface area contributed by atoms with Crippen molar-refractivity contribution in [3.63, 3.8) is 0 Å². The summed E-state index contributed by atoms with van der Waals surface area (Å²) >= 11 is 6.14. The van der Waals surface area contributed by atoms with Gasteiger partial charge < -0.3 is 9.47 Å². The van der Waals surface area contributed by atoms with Gasteiger partial charge in [0.15, 0.2) is 5.78 Å². The third kappa shape index (κ3) is 5.16. The molecule has 0 unspecified atom stereocenters. The summed E-state index contributed by atoms with van der Waals surface area (Å²) in [5.41, 5.74) is 7.43. The molecule has 0 amide bonds. The third-order valence-corrected chi connectivity index (χ3v) is 6.80. The SMILES string of the molecule is Cc1ccccc1-n1c(-c2ccc(Cl)cc2)ccc1-c1ccc(C(=O)CC[C@H](C)N(C)C)cc1. The van der Waals surface area contributed by atoms with Crippen LogP contribution in [0.3, 0.4) is 0 Å². The molecule has 0 saturated carbocycles. The third-order valence-electron chi connectivity index (χ3n) is 6.55. The van der Waals surface area contributed by atoms with Gasteiger partial charge in [-0.2, -0.15) is 0 Å². The molecule has 0 bridgehead atoms. The summed E-state index contributed by atoms with van der Waals surface area (Å²) in [4.78, 5) is 14.9. The first-order chi connectivity index (χ1) is 16.3. The quantitative estimate of drug-likeness (QED) is 0.246. The van der Waals surface area contributed by atoms with Crippen LogP contribution in [0, 0.1) is 6.92 Å². The Kier molecular flexibility index (Phi) is 7.35. The molecule has 4 rings (SSSR count). The van der Waals surface area contributed by atoms with Crippen LogP contribution in [-0.2, 0) is 0 Å². The molecule has 1 atom stereocenters. The molecule has 3 nitrogen and oxygen atoms in total. The fraction of sp³-hybridized carbons (Fsp3) is 0.233. The number of carbonyl (C=O) groups excluding carboxylic acids is 1. The van der Waals surface area contributed by atoms with Gasteiger partial charge in [-0.3, -0.25) is 4.79 Å². The number of halogens is 1. The number of ketones is 1. The molecule has 0 spiro atoms. The van der Waals surface area contributed by atoms with Crippen molar-refractivity contribution in [2.75, 3.05) is 14.1 Å². The number of hydrogen-bond donors (Lipinski definition) is 0. The zero-order chi connectivity index (χ0) is 24.2. The van der Waals surface area contributed by atoms with Crippen LogP contribution in [0.5, 0.6) is 0 Å². The van der Waals surface area contributed by atoms with Crippen molar-refractivity contribution in [1.29, 1.82) is 0 Å². The van der Waals surface area contributed by atoms with Gasteiger partial charge in [0, 0.05) is 28.7 Å². The topological polar surface area (TPSA) is 25.2 Å². The average molecular weight is 471 g/mol. The van der Waals surface area contributed by atoms with Gasteiger partial charge in [0.1, 0.15) is 0 Å². The fourth-order valence-electron chi connectivity index (χ4n) is 4.15. The molecule has 3 aromatic carbocycles. The Balaban J connectivity index is 1.70. The molecule has 4 aromatic rings. The van der Waals surface area contributed by atoms with E-state index in [2.05, 4.69) is 71.8 Å². The van der Waals surface area contributed by atoms with E-state index in [0.717, 1.165) is 45.2 Å². The van der Waals surface area contributed by atoms with Gasteiger partial charge in [0.25, 0.3) is 0 Å². The minimum absolute atomic E-state index is 0.191. The molecule has 0 aliphatic heterocycles.